The van der Waals surface area contributed by atoms with E-state index in [0.29, 0.717) is 5.41 Å². The molecule has 0 bridgehead atoms. The van der Waals surface area contributed by atoms with Crippen molar-refractivity contribution in [1.82, 2.24) is 0 Å². The molecule has 0 spiro atoms. The molecule has 0 aliphatic heterocycles. The van der Waals surface area contributed by atoms with Crippen LogP contribution >= 0.6 is 0 Å². The fraction of sp³-hybridized carbons (Fsp3) is 0.846. The average Bonchev–Trinajstić information content (AvgIpc) is 2.92. The second-order valence-corrected chi connectivity index (χ2v) is 4.59. The molecule has 0 unspecified atom stereocenters. The Hall–Kier alpha value is -0.260. The largest absolute Gasteiger partial charge is 0.0993 e. The molecule has 0 aromatic rings. The van der Waals surface area contributed by atoms with Crippen LogP contribution in [0.5, 0.6) is 0 Å². The Labute approximate surface area is 83.4 Å². The summed E-state index contributed by atoms with van der Waals surface area (Å²) >= 11 is 0. The van der Waals surface area contributed by atoms with Gasteiger partial charge in [-0.05, 0) is 37.5 Å². The van der Waals surface area contributed by atoms with Crippen molar-refractivity contribution < 1.29 is 0 Å². The summed E-state index contributed by atoms with van der Waals surface area (Å²) in [5.74, 6) is 0. The lowest BCUT2D eigenvalue weighted by molar-refractivity contribution is 0.495. The van der Waals surface area contributed by atoms with E-state index in [2.05, 4.69) is 20.4 Å². The molecule has 76 valence electrons. The summed E-state index contributed by atoms with van der Waals surface area (Å²) in [6.45, 7) is 8.82. The van der Waals surface area contributed by atoms with Crippen LogP contribution in [0.2, 0.25) is 0 Å². The van der Waals surface area contributed by atoms with Gasteiger partial charge in [-0.2, -0.15) is 0 Å². The van der Waals surface area contributed by atoms with E-state index in [0.717, 1.165) is 0 Å². The first-order valence-corrected chi connectivity index (χ1v) is 5.93. The van der Waals surface area contributed by atoms with E-state index in [9.17, 15) is 0 Å². The fourth-order valence-corrected chi connectivity index (χ4v) is 2.10. The molecule has 0 aromatic heterocycles. The molecule has 0 heteroatoms. The van der Waals surface area contributed by atoms with E-state index in [1.807, 2.05) is 0 Å². The predicted octanol–water partition coefficient (Wildman–Crippen LogP) is 4.70. The third-order valence-corrected chi connectivity index (χ3v) is 3.44. The van der Waals surface area contributed by atoms with Gasteiger partial charge in [0, 0.05) is 0 Å². The van der Waals surface area contributed by atoms with E-state index in [-0.39, 0.29) is 0 Å². The second kappa shape index (κ2) is 4.83. The minimum Gasteiger partial charge on any atom is -0.0993 e. The maximum absolute atomic E-state index is 4.28. The second-order valence-electron chi connectivity index (χ2n) is 4.59. The Kier molecular flexibility index (Phi) is 4.02. The molecule has 1 fully saturated rings. The zero-order valence-electron chi connectivity index (χ0n) is 9.36. The van der Waals surface area contributed by atoms with Gasteiger partial charge < -0.3 is 0 Å². The average molecular weight is 180 g/mol. The number of rotatable bonds is 7. The maximum atomic E-state index is 4.28. The Morgan fingerprint density at radius 2 is 1.77 bits per heavy atom. The molecule has 13 heavy (non-hydrogen) atoms. The summed E-state index contributed by atoms with van der Waals surface area (Å²) < 4.78 is 0. The van der Waals surface area contributed by atoms with Gasteiger partial charge in [-0.1, -0.05) is 45.3 Å². The third-order valence-electron chi connectivity index (χ3n) is 3.44. The monoisotopic (exact) mass is 180 g/mol. The lowest BCUT2D eigenvalue weighted by Crippen LogP contribution is -2.03. The molecule has 0 aromatic carbocycles. The van der Waals surface area contributed by atoms with Gasteiger partial charge in [0.1, 0.15) is 0 Å². The van der Waals surface area contributed by atoms with Gasteiger partial charge in [-0.15, -0.1) is 0 Å². The van der Waals surface area contributed by atoms with Crippen LogP contribution in [0.15, 0.2) is 12.2 Å². The van der Waals surface area contributed by atoms with Gasteiger partial charge in [0.15, 0.2) is 0 Å². The van der Waals surface area contributed by atoms with Gasteiger partial charge in [0.2, 0.25) is 0 Å². The predicted molar refractivity (Wildman–Crippen MR) is 59.9 cm³/mol. The highest BCUT2D eigenvalue weighted by molar-refractivity contribution is 5.18. The first-order valence-electron chi connectivity index (χ1n) is 5.93. The number of hydrogen-bond acceptors (Lipinski definition) is 0. The van der Waals surface area contributed by atoms with Crippen molar-refractivity contribution >= 4 is 0 Å². The lowest BCUT2D eigenvalue weighted by Gasteiger charge is -2.17. The topological polar surface area (TPSA) is 0 Å². The summed E-state index contributed by atoms with van der Waals surface area (Å²) in [6, 6.07) is 0. The lowest BCUT2D eigenvalue weighted by atomic mass is 9.88. The Morgan fingerprint density at radius 3 is 2.23 bits per heavy atom. The van der Waals surface area contributed by atoms with Crippen molar-refractivity contribution in [2.24, 2.45) is 5.41 Å². The Morgan fingerprint density at radius 1 is 1.15 bits per heavy atom. The molecule has 0 saturated heterocycles. The minimum atomic E-state index is 0.616. The van der Waals surface area contributed by atoms with Crippen LogP contribution in [-0.4, -0.2) is 0 Å². The summed E-state index contributed by atoms with van der Waals surface area (Å²) in [7, 11) is 0. The van der Waals surface area contributed by atoms with Gasteiger partial charge >= 0.3 is 0 Å². The summed E-state index contributed by atoms with van der Waals surface area (Å²) in [5, 5.41) is 0. The van der Waals surface area contributed by atoms with Crippen molar-refractivity contribution in [3.63, 3.8) is 0 Å². The van der Waals surface area contributed by atoms with E-state index >= 15 is 0 Å². The molecule has 0 nitrogen and oxygen atoms in total. The van der Waals surface area contributed by atoms with E-state index in [1.165, 1.54) is 51.4 Å². The molecule has 0 amide bonds. The van der Waals surface area contributed by atoms with Crippen LogP contribution in [0.1, 0.15) is 65.2 Å². The minimum absolute atomic E-state index is 0.616. The molecule has 1 saturated carbocycles. The Bertz CT molecular complexity index is 163. The fourth-order valence-electron chi connectivity index (χ4n) is 2.10. The highest BCUT2D eigenvalue weighted by atomic mass is 14.5. The molecule has 0 heterocycles. The zero-order valence-corrected chi connectivity index (χ0v) is 9.36. The summed E-state index contributed by atoms with van der Waals surface area (Å²) in [5.41, 5.74) is 2.17. The molecule has 1 aliphatic carbocycles. The van der Waals surface area contributed by atoms with Gasteiger partial charge in [-0.3, -0.25) is 0 Å². The molecule has 1 aliphatic rings. The highest BCUT2D eigenvalue weighted by Crippen LogP contribution is 2.56. The normalized spacial score (nSPS) is 18.6. The van der Waals surface area contributed by atoms with E-state index in [4.69, 9.17) is 0 Å². The molecular weight excluding hydrogens is 156 g/mol. The van der Waals surface area contributed by atoms with Crippen molar-refractivity contribution in [3.8, 4) is 0 Å². The molecular formula is C13H24. The standard InChI is InChI=1S/C13H24/c1-4-6-8-12(3)13(10-11-13)9-7-5-2/h3-11H2,1-2H3. The first kappa shape index (κ1) is 10.8. The van der Waals surface area contributed by atoms with Gasteiger partial charge in [0.25, 0.3) is 0 Å². The van der Waals surface area contributed by atoms with Crippen LogP contribution in [-0.2, 0) is 0 Å². The zero-order chi connectivity index (χ0) is 9.73. The molecule has 0 N–H and O–H groups in total. The molecule has 0 atom stereocenters. The maximum Gasteiger partial charge on any atom is -0.00901 e. The van der Waals surface area contributed by atoms with Crippen LogP contribution < -0.4 is 0 Å². The van der Waals surface area contributed by atoms with Crippen molar-refractivity contribution in [1.29, 1.82) is 0 Å². The van der Waals surface area contributed by atoms with Crippen molar-refractivity contribution in [2.45, 2.75) is 65.2 Å². The van der Waals surface area contributed by atoms with Gasteiger partial charge in [0.05, 0.1) is 0 Å². The Balaban J connectivity index is 2.27. The summed E-state index contributed by atoms with van der Waals surface area (Å²) in [4.78, 5) is 0. The molecule has 0 radical (unpaired) electrons. The van der Waals surface area contributed by atoms with Crippen LogP contribution in [0.25, 0.3) is 0 Å². The van der Waals surface area contributed by atoms with E-state index in [1.54, 1.807) is 5.57 Å². The van der Waals surface area contributed by atoms with Crippen LogP contribution in [0.3, 0.4) is 0 Å². The number of unbranched alkanes of at least 4 members (excludes halogenated alkanes) is 2. The van der Waals surface area contributed by atoms with Crippen molar-refractivity contribution in [3.05, 3.63) is 12.2 Å². The molecule has 1 rings (SSSR count). The SMILES string of the molecule is C=C(CCCC)C1(CCCC)CC1. The van der Waals surface area contributed by atoms with E-state index < -0.39 is 0 Å². The quantitative estimate of drug-likeness (QED) is 0.498. The van der Waals surface area contributed by atoms with Crippen LogP contribution in [0, 0.1) is 5.41 Å². The smallest absolute Gasteiger partial charge is 0.00901 e. The summed E-state index contributed by atoms with van der Waals surface area (Å²) in [6.07, 6.45) is 10.9. The number of hydrogen-bond donors (Lipinski definition) is 0. The van der Waals surface area contributed by atoms with Crippen LogP contribution in [0.4, 0.5) is 0 Å². The number of allylic oxidation sites excluding steroid dienone is 1. The third kappa shape index (κ3) is 2.86. The highest BCUT2D eigenvalue weighted by Gasteiger charge is 2.43. The van der Waals surface area contributed by atoms with Gasteiger partial charge in [-0.25, -0.2) is 0 Å². The first-order chi connectivity index (χ1) is 6.25. The van der Waals surface area contributed by atoms with Crippen molar-refractivity contribution in [2.75, 3.05) is 0 Å².